The van der Waals surface area contributed by atoms with Crippen molar-refractivity contribution in [2.24, 2.45) is 0 Å². The molecule has 0 atom stereocenters. The third kappa shape index (κ3) is 3.49. The lowest BCUT2D eigenvalue weighted by Gasteiger charge is -2.44. The van der Waals surface area contributed by atoms with Gasteiger partial charge in [-0.2, -0.15) is 5.10 Å². The first-order valence-electron chi connectivity index (χ1n) is 9.44. The van der Waals surface area contributed by atoms with E-state index in [0.29, 0.717) is 12.6 Å². The molecule has 4 rings (SSSR count). The monoisotopic (exact) mass is 354 g/mol. The predicted molar refractivity (Wildman–Crippen MR) is 101 cm³/mol. The summed E-state index contributed by atoms with van der Waals surface area (Å²) in [5.41, 5.74) is 3.35. The number of fused-ring (bicyclic) bond motifs is 1. The van der Waals surface area contributed by atoms with Gasteiger partial charge in [0.1, 0.15) is 0 Å². The molecule has 0 N–H and O–H groups in total. The van der Waals surface area contributed by atoms with Crippen molar-refractivity contribution in [1.29, 1.82) is 0 Å². The highest BCUT2D eigenvalue weighted by atomic mass is 16.1. The smallest absolute Gasteiger partial charge is 0.253 e. The van der Waals surface area contributed by atoms with Crippen LogP contribution in [0.25, 0.3) is 0 Å². The van der Waals surface area contributed by atoms with Crippen LogP contribution >= 0.6 is 0 Å². The maximum atomic E-state index is 11.9. The third-order valence-electron chi connectivity index (χ3n) is 5.58. The number of aryl methyl sites for hydroxylation is 3. The Labute approximate surface area is 153 Å². The molecule has 138 valence electrons. The molecule has 1 fully saturated rings. The Morgan fingerprint density at radius 1 is 1.19 bits per heavy atom. The Bertz CT molecular complexity index is 842. The Morgan fingerprint density at radius 2 is 2.00 bits per heavy atom. The van der Waals surface area contributed by atoms with Gasteiger partial charge in [0.25, 0.3) is 5.56 Å². The van der Waals surface area contributed by atoms with Crippen molar-refractivity contribution in [3.05, 3.63) is 45.8 Å². The molecule has 3 heterocycles. The minimum atomic E-state index is 0.0190. The second kappa shape index (κ2) is 7.15. The van der Waals surface area contributed by atoms with Gasteiger partial charge in [-0.1, -0.05) is 0 Å². The summed E-state index contributed by atoms with van der Waals surface area (Å²) in [6, 6.07) is 4.30. The molecule has 7 heteroatoms. The fourth-order valence-electron chi connectivity index (χ4n) is 3.69. The molecule has 1 aliphatic carbocycles. The van der Waals surface area contributed by atoms with E-state index in [1.807, 2.05) is 6.92 Å². The number of rotatable bonds is 5. The van der Waals surface area contributed by atoms with Crippen molar-refractivity contribution < 1.29 is 0 Å². The maximum absolute atomic E-state index is 11.9. The summed E-state index contributed by atoms with van der Waals surface area (Å²) in [7, 11) is 2.12. The molecule has 1 aliphatic heterocycles. The maximum Gasteiger partial charge on any atom is 0.253 e. The van der Waals surface area contributed by atoms with Gasteiger partial charge in [0.15, 0.2) is 5.82 Å². The van der Waals surface area contributed by atoms with Gasteiger partial charge in [0.2, 0.25) is 0 Å². The quantitative estimate of drug-likeness (QED) is 0.799. The average molecular weight is 354 g/mol. The summed E-state index contributed by atoms with van der Waals surface area (Å²) in [6.07, 6.45) is 6.34. The van der Waals surface area contributed by atoms with Crippen LogP contribution in [0.15, 0.2) is 23.3 Å². The summed E-state index contributed by atoms with van der Waals surface area (Å²) < 4.78 is 1.68. The van der Waals surface area contributed by atoms with E-state index in [9.17, 15) is 4.79 Å². The average Bonchev–Trinajstić information content (AvgIpc) is 2.59. The van der Waals surface area contributed by atoms with Crippen LogP contribution in [0.3, 0.4) is 0 Å². The van der Waals surface area contributed by atoms with Crippen LogP contribution in [-0.2, 0) is 19.4 Å². The molecular formula is C19H26N6O. The zero-order valence-corrected chi connectivity index (χ0v) is 15.6. The molecule has 0 spiro atoms. The predicted octanol–water partition coefficient (Wildman–Crippen LogP) is 1.04. The van der Waals surface area contributed by atoms with Gasteiger partial charge >= 0.3 is 0 Å². The van der Waals surface area contributed by atoms with Gasteiger partial charge in [0, 0.05) is 44.0 Å². The largest absolute Gasteiger partial charge is 0.352 e. The number of nitrogens with zero attached hydrogens (tertiary/aromatic N) is 6. The Kier molecular flexibility index (Phi) is 4.72. The summed E-state index contributed by atoms with van der Waals surface area (Å²) >= 11 is 0. The molecule has 0 saturated carbocycles. The Morgan fingerprint density at radius 3 is 2.81 bits per heavy atom. The van der Waals surface area contributed by atoms with E-state index in [4.69, 9.17) is 0 Å². The molecular weight excluding hydrogens is 328 g/mol. The van der Waals surface area contributed by atoms with Gasteiger partial charge < -0.3 is 4.90 Å². The van der Waals surface area contributed by atoms with Crippen LogP contribution in [0.4, 0.5) is 5.82 Å². The van der Waals surface area contributed by atoms with Crippen LogP contribution in [-0.4, -0.2) is 57.4 Å². The minimum Gasteiger partial charge on any atom is -0.352 e. The summed E-state index contributed by atoms with van der Waals surface area (Å²) in [5, 5.41) is 8.86. The van der Waals surface area contributed by atoms with E-state index >= 15 is 0 Å². The molecule has 7 nitrogen and oxygen atoms in total. The lowest BCUT2D eigenvalue weighted by molar-refractivity contribution is 0.196. The van der Waals surface area contributed by atoms with E-state index in [-0.39, 0.29) is 5.56 Å². The number of anilines is 1. The van der Waals surface area contributed by atoms with Crippen molar-refractivity contribution in [3.8, 4) is 0 Å². The lowest BCUT2D eigenvalue weighted by Crippen LogP contribution is -2.59. The molecule has 0 aromatic carbocycles. The first-order valence-corrected chi connectivity index (χ1v) is 9.44. The summed E-state index contributed by atoms with van der Waals surface area (Å²) in [5.74, 6) is 1.01. The molecule has 0 amide bonds. The van der Waals surface area contributed by atoms with Gasteiger partial charge in [-0.15, -0.1) is 5.10 Å². The summed E-state index contributed by atoms with van der Waals surface area (Å²) in [4.78, 5) is 20.8. The highest BCUT2D eigenvalue weighted by Crippen LogP contribution is 2.25. The highest BCUT2D eigenvalue weighted by molar-refractivity contribution is 5.45. The Balaban J connectivity index is 1.30. The lowest BCUT2D eigenvalue weighted by atomic mass is 9.96. The van der Waals surface area contributed by atoms with Gasteiger partial charge in [0.05, 0.1) is 12.0 Å². The molecule has 0 unspecified atom stereocenters. The van der Waals surface area contributed by atoms with Crippen LogP contribution in [0.5, 0.6) is 0 Å². The standard InChI is InChI=1S/C19H26N6O/c1-14-9-19(26)24(13-20-14)8-7-23(2)16-11-25(12-16)18-10-15-5-3-4-6-17(15)21-22-18/h9-10,13,16H,3-8,11-12H2,1-2H3. The van der Waals surface area contributed by atoms with Crippen molar-refractivity contribution in [2.75, 3.05) is 31.6 Å². The zero-order valence-electron chi connectivity index (χ0n) is 15.6. The minimum absolute atomic E-state index is 0.0190. The fourth-order valence-corrected chi connectivity index (χ4v) is 3.69. The van der Waals surface area contributed by atoms with Gasteiger partial charge in [-0.05, 0) is 51.3 Å². The molecule has 2 aromatic rings. The van der Waals surface area contributed by atoms with Crippen molar-refractivity contribution >= 4 is 5.82 Å². The fraction of sp³-hybridized carbons (Fsp3) is 0.579. The van der Waals surface area contributed by atoms with E-state index in [1.165, 1.54) is 24.1 Å². The second-order valence-electron chi connectivity index (χ2n) is 7.48. The highest BCUT2D eigenvalue weighted by Gasteiger charge is 2.31. The number of hydrogen-bond donors (Lipinski definition) is 0. The van der Waals surface area contributed by atoms with E-state index in [0.717, 1.165) is 44.0 Å². The molecule has 26 heavy (non-hydrogen) atoms. The summed E-state index contributed by atoms with van der Waals surface area (Å²) in [6.45, 7) is 5.26. The van der Waals surface area contributed by atoms with Crippen molar-refractivity contribution in [1.82, 2.24) is 24.6 Å². The van der Waals surface area contributed by atoms with E-state index < -0.39 is 0 Å². The molecule has 2 aromatic heterocycles. The molecule has 1 saturated heterocycles. The second-order valence-corrected chi connectivity index (χ2v) is 7.48. The van der Waals surface area contributed by atoms with Crippen LogP contribution in [0, 0.1) is 6.92 Å². The number of aromatic nitrogens is 4. The zero-order chi connectivity index (χ0) is 18.1. The van der Waals surface area contributed by atoms with Crippen molar-refractivity contribution in [2.45, 2.75) is 45.2 Å². The number of hydrogen-bond acceptors (Lipinski definition) is 6. The molecule has 0 radical (unpaired) electrons. The third-order valence-corrected chi connectivity index (χ3v) is 5.58. The Hall–Kier alpha value is -2.28. The first-order chi connectivity index (χ1) is 12.6. The van der Waals surface area contributed by atoms with Crippen LogP contribution in [0.1, 0.15) is 29.8 Å². The van der Waals surface area contributed by atoms with Crippen molar-refractivity contribution in [3.63, 3.8) is 0 Å². The topological polar surface area (TPSA) is 67.2 Å². The SMILES string of the molecule is Cc1cc(=O)n(CCN(C)C2CN(c3cc4c(nn3)CCCC4)C2)cn1. The van der Waals surface area contributed by atoms with Crippen LogP contribution < -0.4 is 10.5 Å². The molecule has 0 bridgehead atoms. The molecule has 2 aliphatic rings. The van der Waals surface area contributed by atoms with E-state index in [1.54, 1.807) is 17.0 Å². The normalized spacial score (nSPS) is 17.3. The van der Waals surface area contributed by atoms with Gasteiger partial charge in [-0.25, -0.2) is 4.98 Å². The van der Waals surface area contributed by atoms with E-state index in [2.05, 4.69) is 38.1 Å². The van der Waals surface area contributed by atoms with Gasteiger partial charge in [-0.3, -0.25) is 14.3 Å². The van der Waals surface area contributed by atoms with Crippen LogP contribution in [0.2, 0.25) is 0 Å². The number of likely N-dealkylation sites (N-methyl/N-ethyl adjacent to an activating group) is 1. The first kappa shape index (κ1) is 17.1.